The highest BCUT2D eigenvalue weighted by molar-refractivity contribution is 5.82. The Kier molecular flexibility index (Phi) is 13.8. The van der Waals surface area contributed by atoms with Crippen LogP contribution in [-0.2, 0) is 14.3 Å². The Morgan fingerprint density at radius 1 is 1.19 bits per heavy atom. The van der Waals surface area contributed by atoms with Crippen molar-refractivity contribution in [2.45, 2.75) is 33.1 Å². The molecular formula is C14H29N3O4. The van der Waals surface area contributed by atoms with E-state index < -0.39 is 6.09 Å². The smallest absolute Gasteiger partial charge is 0.407 e. The third-order valence-corrected chi connectivity index (χ3v) is 2.36. The molecule has 1 saturated carbocycles. The lowest BCUT2D eigenvalue weighted by Gasteiger charge is -2.09. The molecule has 0 bridgehead atoms. The standard InChI is InChI=1S/C9H14N2O4.C3H8.C2H7N/c1-15-8(14)10-4-7(13)11-5-9(6-12)2-3-9;2*1-3-2/h6H,2-5H2,1H3,(H,10,14)(H,11,13);3H2,1-2H3;3H,1-2H3. The fourth-order valence-corrected chi connectivity index (χ4v) is 1.06. The van der Waals surface area contributed by atoms with Gasteiger partial charge in [-0.2, -0.15) is 0 Å². The molecule has 1 aliphatic rings. The van der Waals surface area contributed by atoms with Gasteiger partial charge in [-0.3, -0.25) is 4.79 Å². The lowest BCUT2D eigenvalue weighted by atomic mass is 10.1. The predicted octanol–water partition coefficient (Wildman–Crippen LogP) is 0.690. The van der Waals surface area contributed by atoms with E-state index in [-0.39, 0.29) is 17.9 Å². The first-order valence-corrected chi connectivity index (χ1v) is 7.08. The topological polar surface area (TPSA) is 96.5 Å². The Bertz CT molecular complexity index is 303. The Hall–Kier alpha value is -1.63. The zero-order chi connectivity index (χ0) is 16.7. The highest BCUT2D eigenvalue weighted by atomic mass is 16.5. The van der Waals surface area contributed by atoms with Crippen molar-refractivity contribution in [3.63, 3.8) is 0 Å². The number of rotatable bonds is 5. The second-order valence-corrected chi connectivity index (χ2v) is 4.81. The van der Waals surface area contributed by atoms with Crippen LogP contribution in [0.25, 0.3) is 0 Å². The highest BCUT2D eigenvalue weighted by Crippen LogP contribution is 2.42. The lowest BCUT2D eigenvalue weighted by Crippen LogP contribution is -2.39. The van der Waals surface area contributed by atoms with Crippen LogP contribution in [0.1, 0.15) is 33.1 Å². The molecule has 0 radical (unpaired) electrons. The van der Waals surface area contributed by atoms with Gasteiger partial charge in [-0.1, -0.05) is 20.3 Å². The van der Waals surface area contributed by atoms with Crippen molar-refractivity contribution < 1.29 is 19.1 Å². The summed E-state index contributed by atoms with van der Waals surface area (Å²) in [6.45, 7) is 4.46. The van der Waals surface area contributed by atoms with E-state index in [2.05, 4.69) is 34.5 Å². The summed E-state index contributed by atoms with van der Waals surface area (Å²) in [5.74, 6) is -0.325. The van der Waals surface area contributed by atoms with Crippen molar-refractivity contribution in [1.82, 2.24) is 16.0 Å². The van der Waals surface area contributed by atoms with Crippen LogP contribution in [0.3, 0.4) is 0 Å². The van der Waals surface area contributed by atoms with Crippen molar-refractivity contribution in [1.29, 1.82) is 0 Å². The van der Waals surface area contributed by atoms with Gasteiger partial charge in [0, 0.05) is 12.0 Å². The van der Waals surface area contributed by atoms with E-state index in [1.165, 1.54) is 13.5 Å². The Labute approximate surface area is 127 Å². The van der Waals surface area contributed by atoms with E-state index in [1.54, 1.807) is 0 Å². The maximum Gasteiger partial charge on any atom is 0.407 e. The zero-order valence-electron chi connectivity index (χ0n) is 13.7. The molecule has 3 N–H and O–H groups in total. The number of ether oxygens (including phenoxy) is 1. The fraction of sp³-hybridized carbons (Fsp3) is 0.786. The Morgan fingerprint density at radius 2 is 1.67 bits per heavy atom. The van der Waals surface area contributed by atoms with Crippen LogP contribution >= 0.6 is 0 Å². The monoisotopic (exact) mass is 303 g/mol. The SMILES string of the molecule is CCC.CNC.COC(=O)NCC(=O)NCC1(C=O)CC1. The van der Waals surface area contributed by atoms with Gasteiger partial charge < -0.3 is 25.5 Å². The molecule has 0 aromatic heterocycles. The van der Waals surface area contributed by atoms with Crippen molar-refractivity contribution in [2.75, 3.05) is 34.3 Å². The minimum absolute atomic E-state index is 0.137. The molecule has 0 aromatic carbocycles. The summed E-state index contributed by atoms with van der Waals surface area (Å²) in [6.07, 6.45) is 3.12. The molecule has 1 fully saturated rings. The predicted molar refractivity (Wildman–Crippen MR) is 82.1 cm³/mol. The second-order valence-electron chi connectivity index (χ2n) is 4.81. The van der Waals surface area contributed by atoms with Crippen LogP contribution < -0.4 is 16.0 Å². The van der Waals surface area contributed by atoms with E-state index in [9.17, 15) is 14.4 Å². The molecule has 124 valence electrons. The number of carbonyl (C=O) groups is 3. The van der Waals surface area contributed by atoms with Gasteiger partial charge >= 0.3 is 6.09 Å². The first-order chi connectivity index (χ1) is 9.94. The maximum atomic E-state index is 11.2. The number of hydrogen-bond acceptors (Lipinski definition) is 5. The molecule has 2 amide bonds. The largest absolute Gasteiger partial charge is 0.453 e. The van der Waals surface area contributed by atoms with Crippen LogP contribution in [0, 0.1) is 5.41 Å². The molecule has 7 heteroatoms. The van der Waals surface area contributed by atoms with Gasteiger partial charge in [-0.25, -0.2) is 4.79 Å². The van der Waals surface area contributed by atoms with Gasteiger partial charge in [0.15, 0.2) is 0 Å². The normalized spacial score (nSPS) is 13.4. The molecule has 0 spiro atoms. The average molecular weight is 303 g/mol. The number of hydrogen-bond donors (Lipinski definition) is 3. The molecule has 1 rings (SSSR count). The molecule has 0 atom stereocenters. The van der Waals surface area contributed by atoms with Gasteiger partial charge in [0.05, 0.1) is 13.7 Å². The molecule has 21 heavy (non-hydrogen) atoms. The number of nitrogens with one attached hydrogen (secondary N) is 3. The van der Waals surface area contributed by atoms with Crippen molar-refractivity contribution in [2.24, 2.45) is 5.41 Å². The summed E-state index contributed by atoms with van der Waals surface area (Å²) >= 11 is 0. The van der Waals surface area contributed by atoms with Crippen molar-refractivity contribution in [3.8, 4) is 0 Å². The van der Waals surface area contributed by atoms with Crippen molar-refractivity contribution in [3.05, 3.63) is 0 Å². The lowest BCUT2D eigenvalue weighted by molar-refractivity contribution is -0.120. The second kappa shape index (κ2) is 13.4. The Morgan fingerprint density at radius 3 is 2.00 bits per heavy atom. The summed E-state index contributed by atoms with van der Waals surface area (Å²) < 4.78 is 4.29. The van der Waals surface area contributed by atoms with Crippen LogP contribution in [0.4, 0.5) is 4.79 Å². The number of alkyl carbamates (subject to hydrolysis) is 1. The minimum atomic E-state index is -0.651. The highest BCUT2D eigenvalue weighted by Gasteiger charge is 2.42. The third kappa shape index (κ3) is 13.1. The van der Waals surface area contributed by atoms with Crippen molar-refractivity contribution >= 4 is 18.3 Å². The number of amides is 2. The number of carbonyl (C=O) groups excluding carboxylic acids is 3. The zero-order valence-corrected chi connectivity index (χ0v) is 13.7. The molecule has 1 aliphatic carbocycles. The summed E-state index contributed by atoms with van der Waals surface area (Å²) in [5.41, 5.74) is -0.346. The van der Waals surface area contributed by atoms with Crippen LogP contribution in [0.5, 0.6) is 0 Å². The fourth-order valence-electron chi connectivity index (χ4n) is 1.06. The quantitative estimate of drug-likeness (QED) is 0.649. The Balaban J connectivity index is 0. The van der Waals surface area contributed by atoms with Gasteiger partial charge in [0.25, 0.3) is 0 Å². The van der Waals surface area contributed by atoms with Crippen LogP contribution in [0.15, 0.2) is 0 Å². The molecule has 0 heterocycles. The van der Waals surface area contributed by atoms with Gasteiger partial charge in [0.2, 0.25) is 5.91 Å². The molecular weight excluding hydrogens is 274 g/mol. The minimum Gasteiger partial charge on any atom is -0.453 e. The number of methoxy groups -OCH3 is 1. The first-order valence-electron chi connectivity index (χ1n) is 7.08. The average Bonchev–Trinajstić information content (AvgIpc) is 3.25. The molecule has 0 aromatic rings. The first kappa shape index (κ1) is 21.7. The molecule has 0 aliphatic heterocycles. The van der Waals surface area contributed by atoms with E-state index in [0.717, 1.165) is 19.1 Å². The summed E-state index contributed by atoms with van der Waals surface area (Å²) in [5, 5.41) is 7.57. The van der Waals surface area contributed by atoms with Gasteiger partial charge in [-0.05, 0) is 26.9 Å². The van der Waals surface area contributed by atoms with Gasteiger partial charge in [0.1, 0.15) is 6.29 Å². The molecule has 7 nitrogen and oxygen atoms in total. The summed E-state index contributed by atoms with van der Waals surface area (Å²) in [7, 11) is 4.97. The molecule has 0 unspecified atom stereocenters. The van der Waals surface area contributed by atoms with E-state index in [0.29, 0.717) is 6.54 Å². The maximum absolute atomic E-state index is 11.2. The summed E-state index contributed by atoms with van der Waals surface area (Å²) in [4.78, 5) is 32.3. The van der Waals surface area contributed by atoms with Crippen LogP contribution in [-0.4, -0.2) is 52.6 Å². The van der Waals surface area contributed by atoms with E-state index in [1.807, 2.05) is 14.1 Å². The van der Waals surface area contributed by atoms with Crippen LogP contribution in [0.2, 0.25) is 0 Å². The number of aldehydes is 1. The van der Waals surface area contributed by atoms with Gasteiger partial charge in [-0.15, -0.1) is 0 Å². The molecule has 0 saturated heterocycles. The third-order valence-electron chi connectivity index (χ3n) is 2.36. The summed E-state index contributed by atoms with van der Waals surface area (Å²) in [6, 6.07) is 0. The van der Waals surface area contributed by atoms with E-state index in [4.69, 9.17) is 0 Å². The van der Waals surface area contributed by atoms with E-state index >= 15 is 0 Å².